The molecule has 10 heavy (non-hydrogen) atoms. The fraction of sp³-hybridized carbons (Fsp3) is 1.00. The van der Waals surface area contributed by atoms with Crippen LogP contribution in [0, 0.1) is 0 Å². The number of hydrogen-bond donors (Lipinski definition) is 0. The van der Waals surface area contributed by atoms with E-state index in [1.807, 2.05) is 0 Å². The maximum Gasteiger partial charge on any atom is 0.0565 e. The second kappa shape index (κ2) is 9.27. The molecule has 0 N–H and O–H groups in total. The third-order valence-corrected chi connectivity index (χ3v) is 1.28. The molecule has 1 radical (unpaired) electrons. The molecular formula is C7H15O2S. The molecule has 0 fully saturated rings. The number of rotatable bonds is 7. The van der Waals surface area contributed by atoms with Crippen molar-refractivity contribution >= 4 is 12.6 Å². The quantitative estimate of drug-likeness (QED) is 0.531. The van der Waals surface area contributed by atoms with E-state index in [2.05, 4.69) is 0 Å². The Kier molecular flexibility index (Phi) is 9.52. The van der Waals surface area contributed by atoms with Gasteiger partial charge >= 0.3 is 0 Å². The van der Waals surface area contributed by atoms with Crippen LogP contribution in [0.5, 0.6) is 0 Å². The predicted molar refractivity (Wildman–Crippen MR) is 44.4 cm³/mol. The molecule has 0 spiro atoms. The zero-order valence-electron chi connectivity index (χ0n) is 6.47. The summed E-state index contributed by atoms with van der Waals surface area (Å²) in [6.07, 6.45) is 2.15. The number of ether oxygens (including phenoxy) is 2. The Morgan fingerprint density at radius 1 is 1.10 bits per heavy atom. The largest absolute Gasteiger partial charge is 0.385 e. The van der Waals surface area contributed by atoms with E-state index < -0.39 is 0 Å². The average Bonchev–Trinajstić information content (AvgIpc) is 1.97. The Labute approximate surface area is 68.3 Å². The fourth-order valence-electron chi connectivity index (χ4n) is 0.612. The van der Waals surface area contributed by atoms with Crippen LogP contribution in [0.1, 0.15) is 12.8 Å². The van der Waals surface area contributed by atoms with Crippen LogP contribution in [0.2, 0.25) is 0 Å². The van der Waals surface area contributed by atoms with E-state index >= 15 is 0 Å². The molecule has 0 bridgehead atoms. The highest BCUT2D eigenvalue weighted by atomic mass is 32.1. The van der Waals surface area contributed by atoms with Crippen molar-refractivity contribution in [2.75, 3.05) is 32.7 Å². The van der Waals surface area contributed by atoms with E-state index in [0.717, 1.165) is 26.1 Å². The Morgan fingerprint density at radius 3 is 2.40 bits per heavy atom. The average molecular weight is 163 g/mol. The maximum absolute atomic E-state index is 5.17. The van der Waals surface area contributed by atoms with Gasteiger partial charge in [0.15, 0.2) is 0 Å². The van der Waals surface area contributed by atoms with Crippen LogP contribution < -0.4 is 0 Å². The van der Waals surface area contributed by atoms with E-state index in [1.165, 1.54) is 0 Å². The van der Waals surface area contributed by atoms with E-state index in [4.69, 9.17) is 22.1 Å². The lowest BCUT2D eigenvalue weighted by atomic mass is 10.3. The predicted octanol–water partition coefficient (Wildman–Crippen LogP) is 1.63. The summed E-state index contributed by atoms with van der Waals surface area (Å²) in [5.74, 6) is 0.699. The van der Waals surface area contributed by atoms with Gasteiger partial charge in [0.05, 0.1) is 6.61 Å². The summed E-state index contributed by atoms with van der Waals surface area (Å²) in [6, 6.07) is 0. The minimum atomic E-state index is 0.699. The number of methoxy groups -OCH3 is 1. The molecule has 0 saturated carbocycles. The highest BCUT2D eigenvalue weighted by Gasteiger charge is 1.87. The van der Waals surface area contributed by atoms with E-state index in [0.29, 0.717) is 12.4 Å². The minimum Gasteiger partial charge on any atom is -0.385 e. The molecule has 0 atom stereocenters. The van der Waals surface area contributed by atoms with Crippen molar-refractivity contribution in [2.24, 2.45) is 0 Å². The Bertz CT molecular complexity index is 51.6. The first-order chi connectivity index (χ1) is 4.91. The molecule has 0 aliphatic rings. The zero-order valence-corrected chi connectivity index (χ0v) is 7.28. The Hall–Kier alpha value is 0.270. The number of unbranched alkanes of at least 4 members (excludes halogenated alkanes) is 1. The van der Waals surface area contributed by atoms with Crippen LogP contribution >= 0.6 is 12.6 Å². The van der Waals surface area contributed by atoms with Crippen LogP contribution in [0.25, 0.3) is 0 Å². The van der Waals surface area contributed by atoms with Gasteiger partial charge in [-0.15, -0.1) is 0 Å². The molecular weight excluding hydrogens is 148 g/mol. The lowest BCUT2D eigenvalue weighted by molar-refractivity contribution is 0.131. The van der Waals surface area contributed by atoms with Crippen molar-refractivity contribution in [1.82, 2.24) is 0 Å². The SMILES string of the molecule is COCCCCOCC[S]. The van der Waals surface area contributed by atoms with Gasteiger partial charge in [0.1, 0.15) is 0 Å². The van der Waals surface area contributed by atoms with Gasteiger partial charge in [-0.3, -0.25) is 0 Å². The zero-order chi connectivity index (χ0) is 7.66. The molecule has 0 heterocycles. The van der Waals surface area contributed by atoms with Crippen LogP contribution in [0.3, 0.4) is 0 Å². The summed E-state index contributed by atoms with van der Waals surface area (Å²) in [5.41, 5.74) is 0. The van der Waals surface area contributed by atoms with Gasteiger partial charge in [-0.25, -0.2) is 0 Å². The number of hydrogen-bond acceptors (Lipinski definition) is 2. The molecule has 0 saturated heterocycles. The van der Waals surface area contributed by atoms with Crippen molar-refractivity contribution in [2.45, 2.75) is 12.8 Å². The highest BCUT2D eigenvalue weighted by Crippen LogP contribution is 1.90. The second-order valence-corrected chi connectivity index (χ2v) is 2.42. The molecule has 0 aliphatic heterocycles. The maximum atomic E-state index is 5.17. The topological polar surface area (TPSA) is 18.5 Å². The minimum absolute atomic E-state index is 0.699. The van der Waals surface area contributed by atoms with Crippen molar-refractivity contribution in [3.63, 3.8) is 0 Å². The molecule has 0 aromatic carbocycles. The normalized spacial score (nSPS) is 10.2. The molecule has 0 amide bonds. The molecule has 61 valence electrons. The molecule has 0 unspecified atom stereocenters. The molecule has 2 nitrogen and oxygen atoms in total. The van der Waals surface area contributed by atoms with Crippen LogP contribution in [-0.4, -0.2) is 32.7 Å². The van der Waals surface area contributed by atoms with Gasteiger partial charge in [0.2, 0.25) is 0 Å². The van der Waals surface area contributed by atoms with Crippen molar-refractivity contribution in [3.8, 4) is 0 Å². The Morgan fingerprint density at radius 2 is 1.80 bits per heavy atom. The first kappa shape index (κ1) is 10.3. The monoisotopic (exact) mass is 163 g/mol. The standard InChI is InChI=1S/C7H15O2S/c1-8-4-2-3-5-9-6-7-10/h2-7H2,1H3. The smallest absolute Gasteiger partial charge is 0.0565 e. The molecule has 0 aliphatic carbocycles. The third kappa shape index (κ3) is 8.27. The van der Waals surface area contributed by atoms with E-state index in [-0.39, 0.29) is 0 Å². The van der Waals surface area contributed by atoms with Gasteiger partial charge in [0.25, 0.3) is 0 Å². The summed E-state index contributed by atoms with van der Waals surface area (Å²) in [7, 11) is 1.71. The van der Waals surface area contributed by atoms with Gasteiger partial charge in [-0.2, -0.15) is 0 Å². The summed E-state index contributed by atoms with van der Waals surface area (Å²) in [4.78, 5) is 0. The molecule has 0 aromatic rings. The summed E-state index contributed by atoms with van der Waals surface area (Å²) < 4.78 is 10.0. The fourth-order valence-corrected chi connectivity index (χ4v) is 0.729. The summed E-state index contributed by atoms with van der Waals surface area (Å²) >= 11 is 4.70. The van der Waals surface area contributed by atoms with Gasteiger partial charge in [-0.1, -0.05) is 12.6 Å². The second-order valence-electron chi connectivity index (χ2n) is 2.02. The highest BCUT2D eigenvalue weighted by molar-refractivity contribution is 7.80. The molecule has 3 heteroatoms. The van der Waals surface area contributed by atoms with Crippen molar-refractivity contribution < 1.29 is 9.47 Å². The lowest BCUT2D eigenvalue weighted by Gasteiger charge is -2.00. The van der Waals surface area contributed by atoms with E-state index in [9.17, 15) is 0 Å². The van der Waals surface area contributed by atoms with Crippen LogP contribution in [0.15, 0.2) is 0 Å². The van der Waals surface area contributed by atoms with E-state index in [1.54, 1.807) is 7.11 Å². The van der Waals surface area contributed by atoms with Gasteiger partial charge in [0, 0.05) is 26.1 Å². The summed E-state index contributed by atoms with van der Waals surface area (Å²) in [6.45, 7) is 2.36. The Balaban J connectivity index is 2.65. The third-order valence-electron chi connectivity index (χ3n) is 1.11. The molecule has 0 rings (SSSR count). The van der Waals surface area contributed by atoms with Gasteiger partial charge in [-0.05, 0) is 12.8 Å². The summed E-state index contributed by atoms with van der Waals surface area (Å²) in [5, 5.41) is 0. The first-order valence-electron chi connectivity index (χ1n) is 3.56. The van der Waals surface area contributed by atoms with Crippen LogP contribution in [-0.2, 0) is 9.47 Å². The van der Waals surface area contributed by atoms with Crippen molar-refractivity contribution in [3.05, 3.63) is 0 Å². The molecule has 0 aromatic heterocycles. The van der Waals surface area contributed by atoms with Gasteiger partial charge < -0.3 is 9.47 Å². The first-order valence-corrected chi connectivity index (χ1v) is 4.14. The van der Waals surface area contributed by atoms with Crippen molar-refractivity contribution in [1.29, 1.82) is 0 Å². The van der Waals surface area contributed by atoms with Crippen LogP contribution in [0.4, 0.5) is 0 Å². The lowest BCUT2D eigenvalue weighted by Crippen LogP contribution is -1.99.